The molecule has 1 aliphatic carbocycles. The molecule has 0 unspecified atom stereocenters. The fourth-order valence-corrected chi connectivity index (χ4v) is 6.58. The van der Waals surface area contributed by atoms with Gasteiger partial charge in [0.25, 0.3) is 0 Å². The van der Waals surface area contributed by atoms with Gasteiger partial charge in [0.2, 0.25) is 6.79 Å². The maximum Gasteiger partial charge on any atom is 0.231 e. The first-order chi connectivity index (χ1) is 17.7. The quantitative estimate of drug-likeness (QED) is 0.458. The maximum atomic E-state index is 5.76. The lowest BCUT2D eigenvalue weighted by Crippen LogP contribution is -2.53. The molecule has 3 aromatic rings. The van der Waals surface area contributed by atoms with Gasteiger partial charge in [0.15, 0.2) is 16.6 Å². The molecule has 2 aliphatic heterocycles. The number of ether oxygens (including phenoxy) is 2. The van der Waals surface area contributed by atoms with Crippen molar-refractivity contribution in [3.05, 3.63) is 95.6 Å². The van der Waals surface area contributed by atoms with Crippen LogP contribution >= 0.6 is 12.2 Å². The number of fused-ring (bicyclic) bond motifs is 2. The van der Waals surface area contributed by atoms with Gasteiger partial charge in [-0.15, -0.1) is 0 Å². The Labute approximate surface area is 218 Å². The lowest BCUT2D eigenvalue weighted by molar-refractivity contribution is 0.134. The third-order valence-electron chi connectivity index (χ3n) is 8.18. The molecule has 6 rings (SSSR count). The highest BCUT2D eigenvalue weighted by Crippen LogP contribution is 2.51. The Morgan fingerprint density at radius 3 is 2.47 bits per heavy atom. The summed E-state index contributed by atoms with van der Waals surface area (Å²) in [6, 6.07) is 28.6. The van der Waals surface area contributed by atoms with Gasteiger partial charge in [-0.3, -0.25) is 4.90 Å². The van der Waals surface area contributed by atoms with Gasteiger partial charge in [-0.2, -0.15) is 0 Å². The van der Waals surface area contributed by atoms with E-state index in [9.17, 15) is 0 Å². The van der Waals surface area contributed by atoms with Crippen molar-refractivity contribution in [3.8, 4) is 11.5 Å². The predicted octanol–water partition coefficient (Wildman–Crippen LogP) is 5.14. The van der Waals surface area contributed by atoms with Crippen LogP contribution in [-0.2, 0) is 18.5 Å². The highest BCUT2D eigenvalue weighted by molar-refractivity contribution is 7.80. The molecule has 1 saturated heterocycles. The van der Waals surface area contributed by atoms with Crippen LogP contribution in [0.2, 0.25) is 0 Å². The van der Waals surface area contributed by atoms with E-state index in [0.717, 1.165) is 61.9 Å². The molecule has 0 radical (unpaired) electrons. The Morgan fingerprint density at radius 2 is 1.67 bits per heavy atom. The van der Waals surface area contributed by atoms with Crippen LogP contribution in [-0.4, -0.2) is 35.4 Å². The van der Waals surface area contributed by atoms with E-state index in [1.165, 1.54) is 16.7 Å². The first kappa shape index (κ1) is 23.3. The van der Waals surface area contributed by atoms with E-state index >= 15 is 0 Å². The number of rotatable bonds is 6. The zero-order valence-corrected chi connectivity index (χ0v) is 21.3. The molecular weight excluding hydrogens is 466 g/mol. The number of nitrogens with zero attached hydrogens (tertiary/aromatic N) is 1. The molecule has 2 N–H and O–H groups in total. The summed E-state index contributed by atoms with van der Waals surface area (Å²) in [5, 5.41) is 7.79. The highest BCUT2D eigenvalue weighted by Gasteiger charge is 2.51. The molecule has 186 valence electrons. The van der Waals surface area contributed by atoms with Gasteiger partial charge >= 0.3 is 0 Å². The molecule has 0 spiro atoms. The van der Waals surface area contributed by atoms with Crippen molar-refractivity contribution >= 4 is 17.3 Å². The summed E-state index contributed by atoms with van der Waals surface area (Å²) in [5.74, 6) is 1.74. The number of benzene rings is 3. The van der Waals surface area contributed by atoms with E-state index in [1.807, 2.05) is 6.07 Å². The summed E-state index contributed by atoms with van der Waals surface area (Å²) >= 11 is 5.70. The Kier molecular flexibility index (Phi) is 6.55. The number of thiocarbonyl (C=S) groups is 1. The normalized spacial score (nSPS) is 24.8. The second-order valence-electron chi connectivity index (χ2n) is 10.2. The topological polar surface area (TPSA) is 45.8 Å². The molecule has 36 heavy (non-hydrogen) atoms. The average molecular weight is 500 g/mol. The lowest BCUT2D eigenvalue weighted by Gasteiger charge is -2.45. The molecule has 1 saturated carbocycles. The lowest BCUT2D eigenvalue weighted by atomic mass is 9.65. The fraction of sp³-hybridized carbons (Fsp3) is 0.367. The molecule has 0 amide bonds. The van der Waals surface area contributed by atoms with Crippen molar-refractivity contribution in [3.63, 3.8) is 0 Å². The van der Waals surface area contributed by atoms with Crippen molar-refractivity contribution in [1.29, 1.82) is 0 Å². The Morgan fingerprint density at radius 1 is 0.917 bits per heavy atom. The van der Waals surface area contributed by atoms with Crippen molar-refractivity contribution in [2.75, 3.05) is 13.3 Å². The van der Waals surface area contributed by atoms with Crippen molar-refractivity contribution in [1.82, 2.24) is 15.5 Å². The maximum absolute atomic E-state index is 5.76. The van der Waals surface area contributed by atoms with E-state index in [1.54, 1.807) is 0 Å². The SMILES string of the molecule is S=C(NCc1ccccc1)N[C@H]1CC[C@@]2(c3ccc4c(c3)OCO4)CCN(Cc3ccccc3)[C@@H]2C1. The zero-order chi connectivity index (χ0) is 24.4. The molecular formula is C30H33N3O2S. The highest BCUT2D eigenvalue weighted by atomic mass is 32.1. The van der Waals surface area contributed by atoms with Crippen LogP contribution in [0.25, 0.3) is 0 Å². The summed E-state index contributed by atoms with van der Waals surface area (Å²) in [7, 11) is 0. The number of hydrogen-bond donors (Lipinski definition) is 2. The summed E-state index contributed by atoms with van der Waals surface area (Å²) in [4.78, 5) is 2.69. The molecule has 2 heterocycles. The van der Waals surface area contributed by atoms with Gasteiger partial charge in [-0.05, 0) is 73.3 Å². The van der Waals surface area contributed by atoms with Crippen LogP contribution in [0.4, 0.5) is 0 Å². The zero-order valence-electron chi connectivity index (χ0n) is 20.5. The second kappa shape index (κ2) is 10.1. The minimum absolute atomic E-state index is 0.118. The third kappa shape index (κ3) is 4.67. The summed E-state index contributed by atoms with van der Waals surface area (Å²) < 4.78 is 11.4. The largest absolute Gasteiger partial charge is 0.454 e. The molecule has 6 heteroatoms. The summed E-state index contributed by atoms with van der Waals surface area (Å²) in [6.07, 6.45) is 4.45. The minimum Gasteiger partial charge on any atom is -0.454 e. The number of nitrogens with one attached hydrogen (secondary N) is 2. The summed E-state index contributed by atoms with van der Waals surface area (Å²) in [6.45, 7) is 3.12. The van der Waals surface area contributed by atoms with Crippen molar-refractivity contribution < 1.29 is 9.47 Å². The molecule has 0 aromatic heterocycles. The Bertz CT molecular complexity index is 1210. The Balaban J connectivity index is 1.20. The first-order valence-corrected chi connectivity index (χ1v) is 13.4. The minimum atomic E-state index is 0.118. The van der Waals surface area contributed by atoms with Crippen LogP contribution in [0, 0.1) is 0 Å². The standard InChI is InChI=1S/C30H33N3O2S/c36-29(31-19-22-7-3-1-4-8-22)32-25-13-14-30(24-11-12-26-27(17-24)35-21-34-26)15-16-33(28(30)18-25)20-23-9-5-2-6-10-23/h1-12,17,25,28H,13-16,18-21H2,(H2,31,32,36)/t25-,28+,30-/m0/s1. The predicted molar refractivity (Wildman–Crippen MR) is 146 cm³/mol. The van der Waals surface area contributed by atoms with Gasteiger partial charge in [0.05, 0.1) is 0 Å². The first-order valence-electron chi connectivity index (χ1n) is 13.0. The van der Waals surface area contributed by atoms with Crippen molar-refractivity contribution in [2.45, 2.75) is 56.3 Å². The molecule has 3 aromatic carbocycles. The average Bonchev–Trinajstić information content (AvgIpc) is 3.54. The smallest absolute Gasteiger partial charge is 0.231 e. The molecule has 0 bridgehead atoms. The van der Waals surface area contributed by atoms with Crippen LogP contribution in [0.3, 0.4) is 0 Å². The second-order valence-corrected chi connectivity index (χ2v) is 10.6. The molecule has 3 atom stereocenters. The fourth-order valence-electron chi connectivity index (χ4n) is 6.34. The van der Waals surface area contributed by atoms with Gasteiger partial charge in [-0.1, -0.05) is 66.7 Å². The number of likely N-dealkylation sites (tertiary alicyclic amines) is 1. The number of hydrogen-bond acceptors (Lipinski definition) is 4. The van der Waals surface area contributed by atoms with Crippen LogP contribution < -0.4 is 20.1 Å². The van der Waals surface area contributed by atoms with Gasteiger partial charge in [0, 0.05) is 30.6 Å². The summed E-state index contributed by atoms with van der Waals surface area (Å²) in [5.41, 5.74) is 4.11. The molecule has 3 aliphatic rings. The van der Waals surface area contributed by atoms with E-state index in [2.05, 4.69) is 88.3 Å². The van der Waals surface area contributed by atoms with Gasteiger partial charge in [0.1, 0.15) is 0 Å². The van der Waals surface area contributed by atoms with E-state index < -0.39 is 0 Å². The van der Waals surface area contributed by atoms with Gasteiger partial charge in [-0.25, -0.2) is 0 Å². The van der Waals surface area contributed by atoms with Gasteiger partial charge < -0.3 is 20.1 Å². The van der Waals surface area contributed by atoms with E-state index in [-0.39, 0.29) is 5.41 Å². The molecule has 2 fully saturated rings. The van der Waals surface area contributed by atoms with Crippen LogP contribution in [0.15, 0.2) is 78.9 Å². The Hall–Kier alpha value is -3.09. The van der Waals surface area contributed by atoms with Crippen LogP contribution in [0.5, 0.6) is 11.5 Å². The monoisotopic (exact) mass is 499 g/mol. The molecule has 5 nitrogen and oxygen atoms in total. The third-order valence-corrected chi connectivity index (χ3v) is 8.44. The van der Waals surface area contributed by atoms with Crippen LogP contribution in [0.1, 0.15) is 42.4 Å². The van der Waals surface area contributed by atoms with Crippen molar-refractivity contribution in [2.24, 2.45) is 0 Å². The van der Waals surface area contributed by atoms with E-state index in [0.29, 0.717) is 18.9 Å². The van der Waals surface area contributed by atoms with E-state index in [4.69, 9.17) is 21.7 Å².